The minimum atomic E-state index is -2.38. The molecule has 0 fully saturated rings. The van der Waals surface area contributed by atoms with Crippen LogP contribution < -0.4 is 9.64 Å². The highest BCUT2D eigenvalue weighted by molar-refractivity contribution is 5.90. The van der Waals surface area contributed by atoms with Crippen molar-refractivity contribution in [3.05, 3.63) is 104 Å². The number of carbonyl (C=O) groups is 1. The highest BCUT2D eigenvalue weighted by Gasteiger charge is 2.58. The number of non-ortho nitro benzene ring substituents is 1. The van der Waals surface area contributed by atoms with E-state index in [1.807, 2.05) is 26.0 Å². The van der Waals surface area contributed by atoms with Gasteiger partial charge in [-0.15, -0.1) is 0 Å². The van der Waals surface area contributed by atoms with E-state index in [9.17, 15) is 36.9 Å². The lowest BCUT2D eigenvalue weighted by molar-refractivity contribution is -0.384. The second-order valence-corrected chi connectivity index (χ2v) is 9.49. The zero-order chi connectivity index (χ0) is 28.3. The van der Waals surface area contributed by atoms with Crippen LogP contribution in [-0.2, 0) is 10.2 Å². The van der Waals surface area contributed by atoms with Crippen LogP contribution in [0.15, 0.2) is 48.5 Å². The standard InChI is InChI=1S/C27H19F5N2O5/c1-26(2)16-5-3-4-6-17(16)33(27(26)10-9-14-13-15(34(36)37)7-8-18(14)39-27)11-12-38-25(35)19-20(28)22(30)24(32)23(31)21(19)29/h3-10,13H,11-12H2,1-2H3. The number of nitro benzene ring substituents is 1. The van der Waals surface area contributed by atoms with E-state index in [0.717, 1.165) is 5.56 Å². The summed E-state index contributed by atoms with van der Waals surface area (Å²) in [6, 6.07) is 11.4. The summed E-state index contributed by atoms with van der Waals surface area (Å²) >= 11 is 0. The molecule has 1 unspecified atom stereocenters. The highest BCUT2D eigenvalue weighted by atomic mass is 19.2. The first-order valence-electron chi connectivity index (χ1n) is 11.6. The molecule has 7 nitrogen and oxygen atoms in total. The van der Waals surface area contributed by atoms with Gasteiger partial charge in [-0.2, -0.15) is 0 Å². The summed E-state index contributed by atoms with van der Waals surface area (Å²) in [6.07, 6.45) is 3.39. The van der Waals surface area contributed by atoms with Gasteiger partial charge in [0, 0.05) is 23.4 Å². The SMILES string of the molecule is CC1(C)c2ccccc2N(CCOC(=O)c2c(F)c(F)c(F)c(F)c2F)C12C=Cc1cc([N+](=O)[O-])ccc1O2. The lowest BCUT2D eigenvalue weighted by Crippen LogP contribution is -2.60. The van der Waals surface area contributed by atoms with Crippen LogP contribution in [0.5, 0.6) is 5.75 Å². The summed E-state index contributed by atoms with van der Waals surface area (Å²) in [5.74, 6) is -12.8. The molecule has 2 aliphatic rings. The Hall–Kier alpha value is -4.48. The van der Waals surface area contributed by atoms with E-state index < -0.39 is 63.3 Å². The van der Waals surface area contributed by atoms with Crippen LogP contribution in [-0.4, -0.2) is 29.8 Å². The average Bonchev–Trinajstić information content (AvgIpc) is 3.09. The maximum absolute atomic E-state index is 14.1. The lowest BCUT2D eigenvalue weighted by atomic mass is 9.76. The van der Waals surface area contributed by atoms with Gasteiger partial charge in [0.15, 0.2) is 23.3 Å². The molecule has 202 valence electrons. The third-order valence-corrected chi connectivity index (χ3v) is 7.09. The number of esters is 1. The Bertz CT molecular complexity index is 1550. The first-order chi connectivity index (χ1) is 18.4. The van der Waals surface area contributed by atoms with Crippen LogP contribution in [0.4, 0.5) is 33.3 Å². The number of hydrogen-bond donors (Lipinski definition) is 0. The largest absolute Gasteiger partial charge is 0.463 e. The van der Waals surface area contributed by atoms with Crippen LogP contribution in [0.25, 0.3) is 6.08 Å². The third-order valence-electron chi connectivity index (χ3n) is 7.09. The Morgan fingerprint density at radius 3 is 2.31 bits per heavy atom. The molecule has 0 bridgehead atoms. The lowest BCUT2D eigenvalue weighted by Gasteiger charge is -2.47. The molecule has 0 saturated heterocycles. The van der Waals surface area contributed by atoms with Gasteiger partial charge in [-0.1, -0.05) is 18.2 Å². The molecule has 2 aliphatic heterocycles. The van der Waals surface area contributed by atoms with Crippen LogP contribution in [0.3, 0.4) is 0 Å². The van der Waals surface area contributed by atoms with Crippen molar-refractivity contribution in [3.8, 4) is 5.75 Å². The van der Waals surface area contributed by atoms with E-state index in [1.54, 1.807) is 29.2 Å². The molecule has 0 N–H and O–H groups in total. The summed E-state index contributed by atoms with van der Waals surface area (Å²) in [5.41, 5.74) is -1.76. The Balaban J connectivity index is 1.46. The molecule has 3 aromatic carbocycles. The van der Waals surface area contributed by atoms with Crippen molar-refractivity contribution in [2.24, 2.45) is 0 Å². The Morgan fingerprint density at radius 2 is 1.64 bits per heavy atom. The monoisotopic (exact) mass is 546 g/mol. The minimum Gasteiger partial charge on any atom is -0.463 e. The van der Waals surface area contributed by atoms with E-state index >= 15 is 0 Å². The van der Waals surface area contributed by atoms with Crippen LogP contribution in [0.2, 0.25) is 0 Å². The van der Waals surface area contributed by atoms with Gasteiger partial charge in [0.05, 0.1) is 16.9 Å². The van der Waals surface area contributed by atoms with Gasteiger partial charge in [-0.3, -0.25) is 10.1 Å². The van der Waals surface area contributed by atoms with Crippen molar-refractivity contribution in [2.45, 2.75) is 25.0 Å². The molecule has 0 amide bonds. The summed E-state index contributed by atoms with van der Waals surface area (Å²) in [5, 5.41) is 11.2. The molecule has 3 aromatic rings. The van der Waals surface area contributed by atoms with Crippen molar-refractivity contribution in [3.63, 3.8) is 0 Å². The average molecular weight is 546 g/mol. The number of ether oxygens (including phenoxy) is 2. The zero-order valence-electron chi connectivity index (χ0n) is 20.4. The van der Waals surface area contributed by atoms with Crippen molar-refractivity contribution < 1.29 is 41.1 Å². The smallest absolute Gasteiger partial charge is 0.344 e. The maximum Gasteiger partial charge on any atom is 0.344 e. The molecule has 5 rings (SSSR count). The normalized spacial score (nSPS) is 18.5. The van der Waals surface area contributed by atoms with E-state index in [4.69, 9.17) is 9.47 Å². The van der Waals surface area contributed by atoms with E-state index in [0.29, 0.717) is 17.0 Å². The van der Waals surface area contributed by atoms with Gasteiger partial charge in [0.2, 0.25) is 11.5 Å². The number of nitrogens with zero attached hydrogens (tertiary/aromatic N) is 2. The third kappa shape index (κ3) is 3.81. The number of hydrogen-bond acceptors (Lipinski definition) is 6. The van der Waals surface area contributed by atoms with Gasteiger partial charge in [0.1, 0.15) is 17.9 Å². The van der Waals surface area contributed by atoms with Crippen molar-refractivity contribution >= 4 is 23.4 Å². The van der Waals surface area contributed by atoms with Gasteiger partial charge in [0.25, 0.3) is 5.69 Å². The quantitative estimate of drug-likeness (QED) is 0.0969. The molecule has 0 aromatic heterocycles. The second kappa shape index (κ2) is 9.07. The summed E-state index contributed by atoms with van der Waals surface area (Å²) < 4.78 is 80.1. The summed E-state index contributed by atoms with van der Waals surface area (Å²) in [6.45, 7) is 3.21. The Kier molecular flexibility index (Phi) is 6.08. The molecule has 0 saturated carbocycles. The first kappa shape index (κ1) is 26.1. The summed E-state index contributed by atoms with van der Waals surface area (Å²) in [7, 11) is 0. The van der Waals surface area contributed by atoms with E-state index in [-0.39, 0.29) is 12.2 Å². The number of anilines is 1. The molecule has 2 heterocycles. The number of halogens is 5. The van der Waals surface area contributed by atoms with Crippen LogP contribution in [0.1, 0.15) is 35.3 Å². The number of carbonyl (C=O) groups excluding carboxylic acids is 1. The molecule has 0 aliphatic carbocycles. The van der Waals surface area contributed by atoms with E-state index in [1.165, 1.54) is 18.2 Å². The van der Waals surface area contributed by atoms with Crippen molar-refractivity contribution in [1.29, 1.82) is 0 Å². The Morgan fingerprint density at radius 1 is 1.00 bits per heavy atom. The fraction of sp³-hybridized carbons (Fsp3) is 0.222. The molecule has 1 spiro atoms. The van der Waals surface area contributed by atoms with E-state index in [2.05, 4.69) is 0 Å². The number of para-hydroxylation sites is 1. The summed E-state index contributed by atoms with van der Waals surface area (Å²) in [4.78, 5) is 24.8. The molecular formula is C27H19F5N2O5. The predicted octanol–water partition coefficient (Wildman–Crippen LogP) is 6.05. The second-order valence-electron chi connectivity index (χ2n) is 9.49. The van der Waals surface area contributed by atoms with Gasteiger partial charge in [-0.05, 0) is 43.7 Å². The molecule has 0 radical (unpaired) electrons. The number of benzene rings is 3. The van der Waals surface area contributed by atoms with Gasteiger partial charge in [-0.25, -0.2) is 26.7 Å². The number of rotatable bonds is 5. The van der Waals surface area contributed by atoms with Crippen molar-refractivity contribution in [2.75, 3.05) is 18.1 Å². The van der Waals surface area contributed by atoms with Gasteiger partial charge < -0.3 is 14.4 Å². The topological polar surface area (TPSA) is 81.9 Å². The predicted molar refractivity (Wildman–Crippen MR) is 129 cm³/mol. The fourth-order valence-corrected chi connectivity index (χ4v) is 5.08. The molecule has 12 heteroatoms. The zero-order valence-corrected chi connectivity index (χ0v) is 20.4. The van der Waals surface area contributed by atoms with Crippen LogP contribution >= 0.6 is 0 Å². The minimum absolute atomic E-state index is 0.103. The molecular weight excluding hydrogens is 527 g/mol. The molecule has 1 atom stereocenters. The highest BCUT2D eigenvalue weighted by Crippen LogP contribution is 2.54. The number of fused-ring (bicyclic) bond motifs is 2. The van der Waals surface area contributed by atoms with Gasteiger partial charge >= 0.3 is 5.97 Å². The van der Waals surface area contributed by atoms with Crippen LogP contribution in [0, 0.1) is 39.2 Å². The fourth-order valence-electron chi connectivity index (χ4n) is 5.08. The molecule has 39 heavy (non-hydrogen) atoms. The first-order valence-corrected chi connectivity index (χ1v) is 11.6. The Labute approximate surface area is 218 Å². The number of nitro groups is 1. The maximum atomic E-state index is 14.1. The van der Waals surface area contributed by atoms with Crippen molar-refractivity contribution in [1.82, 2.24) is 0 Å².